The number of nitriles is 4. The highest BCUT2D eigenvalue weighted by Crippen LogP contribution is 2.25. The average molecular weight is 302 g/mol. The molecule has 0 aliphatic carbocycles. The second-order valence-electron chi connectivity index (χ2n) is 2.23. The highest BCUT2D eigenvalue weighted by molar-refractivity contribution is 8.21. The number of thiocyanates is 4. The minimum atomic E-state index is -0.273. The van der Waals surface area contributed by atoms with Crippen LogP contribution in [0.3, 0.4) is 0 Å². The fraction of sp³-hybridized carbons (Fsp3) is 0.500. The van der Waals surface area contributed by atoms with Crippen molar-refractivity contribution in [1.29, 1.82) is 21.0 Å². The number of hydrogen-bond acceptors (Lipinski definition) is 9. The minimum Gasteiger partial charge on any atom is -0.377 e. The number of nitrogens with zero attached hydrogens (tertiary/aromatic N) is 4. The molecule has 0 heterocycles. The highest BCUT2D eigenvalue weighted by Gasteiger charge is 2.14. The zero-order valence-electron chi connectivity index (χ0n) is 8.40. The van der Waals surface area contributed by atoms with Gasteiger partial charge in [0.2, 0.25) is 0 Å². The lowest BCUT2D eigenvalue weighted by Gasteiger charge is -2.11. The molecule has 0 aliphatic heterocycles. The van der Waals surface area contributed by atoms with E-state index in [1.807, 2.05) is 21.6 Å². The number of ether oxygens (including phenoxy) is 1. The van der Waals surface area contributed by atoms with Crippen LogP contribution in [0, 0.1) is 42.7 Å². The van der Waals surface area contributed by atoms with Gasteiger partial charge in [0, 0.05) is 0 Å². The van der Waals surface area contributed by atoms with Gasteiger partial charge in [0.25, 0.3) is 0 Å². The largest absolute Gasteiger partial charge is 0.377 e. The fourth-order valence-corrected chi connectivity index (χ4v) is 2.71. The first-order chi connectivity index (χ1) is 8.28. The molecule has 0 aromatic heterocycles. The lowest BCUT2D eigenvalue weighted by atomic mass is 10.8. The third kappa shape index (κ3) is 9.06. The molecular formula is C8H6N4OS4. The molecule has 0 aliphatic rings. The fourth-order valence-electron chi connectivity index (χ4n) is 0.680. The Kier molecular flexibility index (Phi) is 11.3. The number of rotatable bonds is 8. The van der Waals surface area contributed by atoms with Crippen LogP contribution < -0.4 is 0 Å². The summed E-state index contributed by atoms with van der Waals surface area (Å²) in [5, 5.41) is 41.5. The first kappa shape index (κ1) is 16.3. The van der Waals surface area contributed by atoms with Crippen LogP contribution in [-0.2, 0) is 4.74 Å². The summed E-state index contributed by atoms with van der Waals surface area (Å²) < 4.78 is 4.73. The van der Waals surface area contributed by atoms with E-state index in [4.69, 9.17) is 25.8 Å². The van der Waals surface area contributed by atoms with Crippen LogP contribution in [0.5, 0.6) is 0 Å². The molecule has 0 saturated heterocycles. The van der Waals surface area contributed by atoms with Crippen molar-refractivity contribution in [2.45, 2.75) is 9.16 Å². The monoisotopic (exact) mass is 302 g/mol. The standard InChI is InChI=1S/C8H6N4OS4/c9-3-14-7(15-4-10)1-13-2-8(16-5-11)17-6-12/h7-8H,1-2H2. The van der Waals surface area contributed by atoms with E-state index < -0.39 is 0 Å². The van der Waals surface area contributed by atoms with Crippen molar-refractivity contribution in [3.63, 3.8) is 0 Å². The summed E-state index contributed by atoms with van der Waals surface area (Å²) in [6.45, 7) is 0.454. The van der Waals surface area contributed by atoms with Crippen LogP contribution in [0.4, 0.5) is 0 Å². The van der Waals surface area contributed by atoms with Crippen LogP contribution in [0.15, 0.2) is 0 Å². The van der Waals surface area contributed by atoms with Gasteiger partial charge >= 0.3 is 0 Å². The van der Waals surface area contributed by atoms with E-state index in [0.29, 0.717) is 0 Å². The maximum Gasteiger partial charge on any atom is 0.134 e. The maximum absolute atomic E-state index is 8.48. The van der Waals surface area contributed by atoms with Crippen LogP contribution in [0.1, 0.15) is 0 Å². The molecule has 0 aromatic rings. The second-order valence-corrected chi connectivity index (χ2v) is 6.78. The van der Waals surface area contributed by atoms with E-state index in [1.165, 1.54) is 0 Å². The molecule has 0 spiro atoms. The lowest BCUT2D eigenvalue weighted by Crippen LogP contribution is -2.13. The van der Waals surface area contributed by atoms with Crippen molar-refractivity contribution in [3.8, 4) is 21.6 Å². The van der Waals surface area contributed by atoms with Crippen molar-refractivity contribution in [2.75, 3.05) is 13.2 Å². The Hall–Kier alpha value is -0.680. The molecule has 17 heavy (non-hydrogen) atoms. The summed E-state index contributed by atoms with van der Waals surface area (Å²) in [6.07, 6.45) is 0. The summed E-state index contributed by atoms with van der Waals surface area (Å²) in [5.74, 6) is 0. The van der Waals surface area contributed by atoms with E-state index >= 15 is 0 Å². The van der Waals surface area contributed by atoms with Crippen molar-refractivity contribution in [2.24, 2.45) is 0 Å². The van der Waals surface area contributed by atoms with Crippen LogP contribution in [0.2, 0.25) is 0 Å². The molecule has 5 nitrogen and oxygen atoms in total. The topological polar surface area (TPSA) is 104 Å². The summed E-state index contributed by atoms with van der Waals surface area (Å²) >= 11 is 3.83. The Balaban J connectivity index is 3.93. The normalized spacial score (nSPS) is 9.29. The molecule has 0 bridgehead atoms. The third-order valence-corrected chi connectivity index (χ3v) is 4.42. The van der Waals surface area contributed by atoms with Crippen LogP contribution >= 0.6 is 47.0 Å². The van der Waals surface area contributed by atoms with Crippen molar-refractivity contribution >= 4 is 47.0 Å². The summed E-state index contributed by atoms with van der Waals surface area (Å²) in [6, 6.07) is 0. The predicted octanol–water partition coefficient (Wildman–Crippen LogP) is 2.51. The highest BCUT2D eigenvalue weighted by atomic mass is 32.2. The Morgan fingerprint density at radius 3 is 1.24 bits per heavy atom. The average Bonchev–Trinajstić information content (AvgIpc) is 2.30. The number of hydrogen-bond donors (Lipinski definition) is 0. The van der Waals surface area contributed by atoms with Crippen LogP contribution in [0.25, 0.3) is 0 Å². The molecule has 0 fully saturated rings. The summed E-state index contributed by atoms with van der Waals surface area (Å²) in [7, 11) is 0. The Morgan fingerprint density at radius 2 is 1.00 bits per heavy atom. The third-order valence-electron chi connectivity index (χ3n) is 1.24. The Morgan fingerprint density at radius 1 is 0.706 bits per heavy atom. The SMILES string of the molecule is N#CSC(COCC(SC#N)SC#N)SC#N. The molecule has 0 N–H and O–H groups in total. The summed E-state index contributed by atoms with van der Waals surface area (Å²) in [4.78, 5) is 0. The summed E-state index contributed by atoms with van der Waals surface area (Å²) in [5.41, 5.74) is 0. The van der Waals surface area contributed by atoms with Gasteiger partial charge in [0.1, 0.15) is 30.8 Å². The van der Waals surface area contributed by atoms with E-state index in [-0.39, 0.29) is 22.4 Å². The molecule has 0 radical (unpaired) electrons. The van der Waals surface area contributed by atoms with Gasteiger partial charge in [-0.3, -0.25) is 0 Å². The Bertz CT molecular complexity index is 309. The first-order valence-corrected chi connectivity index (χ1v) is 7.57. The smallest absolute Gasteiger partial charge is 0.134 e. The van der Waals surface area contributed by atoms with E-state index in [9.17, 15) is 0 Å². The Labute approximate surface area is 116 Å². The zero-order chi connectivity index (χ0) is 12.9. The molecule has 0 amide bonds. The first-order valence-electron chi connectivity index (χ1n) is 4.05. The number of thioether (sulfide) groups is 4. The van der Waals surface area contributed by atoms with Gasteiger partial charge < -0.3 is 4.74 Å². The van der Waals surface area contributed by atoms with Gasteiger partial charge in [-0.2, -0.15) is 21.0 Å². The van der Waals surface area contributed by atoms with Gasteiger partial charge in [-0.1, -0.05) is 0 Å². The van der Waals surface area contributed by atoms with E-state index in [1.54, 1.807) is 0 Å². The molecule has 0 rings (SSSR count). The molecule has 0 aromatic carbocycles. The second kappa shape index (κ2) is 11.8. The van der Waals surface area contributed by atoms with Crippen molar-refractivity contribution in [3.05, 3.63) is 0 Å². The molecule has 0 saturated carbocycles. The lowest BCUT2D eigenvalue weighted by molar-refractivity contribution is 0.159. The van der Waals surface area contributed by atoms with Crippen molar-refractivity contribution < 1.29 is 4.74 Å². The van der Waals surface area contributed by atoms with Gasteiger partial charge in [0.15, 0.2) is 0 Å². The van der Waals surface area contributed by atoms with E-state index in [2.05, 4.69) is 0 Å². The van der Waals surface area contributed by atoms with Gasteiger partial charge in [-0.25, -0.2) is 0 Å². The molecule has 9 heteroatoms. The molecular weight excluding hydrogens is 296 g/mol. The van der Waals surface area contributed by atoms with Crippen LogP contribution in [-0.4, -0.2) is 22.4 Å². The van der Waals surface area contributed by atoms with E-state index in [0.717, 1.165) is 47.0 Å². The molecule has 0 unspecified atom stereocenters. The molecule has 0 atom stereocenters. The maximum atomic E-state index is 8.48. The molecule has 88 valence electrons. The van der Waals surface area contributed by atoms with Gasteiger partial charge in [-0.15, -0.1) is 0 Å². The minimum absolute atomic E-state index is 0.227. The van der Waals surface area contributed by atoms with Gasteiger partial charge in [0.05, 0.1) is 13.2 Å². The quantitative estimate of drug-likeness (QED) is 0.494. The zero-order valence-corrected chi connectivity index (χ0v) is 11.7. The predicted molar refractivity (Wildman–Crippen MR) is 71.2 cm³/mol. The van der Waals surface area contributed by atoms with Gasteiger partial charge in [-0.05, 0) is 47.0 Å². The van der Waals surface area contributed by atoms with Crippen molar-refractivity contribution in [1.82, 2.24) is 0 Å².